The Morgan fingerprint density at radius 2 is 1.81 bits per heavy atom. The Hall–Kier alpha value is -1.22. The van der Waals surface area contributed by atoms with Crippen molar-refractivity contribution in [2.75, 3.05) is 14.2 Å². The molecule has 1 aliphatic rings. The molecule has 0 saturated heterocycles. The summed E-state index contributed by atoms with van der Waals surface area (Å²) in [4.78, 5) is 0. The zero-order chi connectivity index (χ0) is 11.9. The Morgan fingerprint density at radius 1 is 1.19 bits per heavy atom. The number of aryl methyl sites for hydroxylation is 1. The van der Waals surface area contributed by atoms with Crippen LogP contribution in [0, 0.1) is 13.8 Å². The molecular formula is C13H18O3. The third-order valence-electron chi connectivity index (χ3n) is 3.29. The maximum Gasteiger partial charge on any atom is 0.128 e. The smallest absolute Gasteiger partial charge is 0.128 e. The monoisotopic (exact) mass is 222 g/mol. The van der Waals surface area contributed by atoms with E-state index in [-0.39, 0.29) is 0 Å². The highest BCUT2D eigenvalue weighted by molar-refractivity contribution is 5.56. The molecule has 1 saturated carbocycles. The van der Waals surface area contributed by atoms with E-state index in [1.165, 1.54) is 0 Å². The molecule has 1 aromatic carbocycles. The van der Waals surface area contributed by atoms with E-state index in [1.807, 2.05) is 19.9 Å². The summed E-state index contributed by atoms with van der Waals surface area (Å²) in [7, 11) is 3.29. The van der Waals surface area contributed by atoms with Gasteiger partial charge in [-0.25, -0.2) is 0 Å². The maximum absolute atomic E-state index is 10.3. The largest absolute Gasteiger partial charge is 0.496 e. The van der Waals surface area contributed by atoms with E-state index >= 15 is 0 Å². The first-order valence-electron chi connectivity index (χ1n) is 5.48. The Morgan fingerprint density at radius 3 is 2.25 bits per heavy atom. The maximum atomic E-state index is 10.3. The van der Waals surface area contributed by atoms with Gasteiger partial charge in [-0.15, -0.1) is 0 Å². The summed E-state index contributed by atoms with van der Waals surface area (Å²) in [5.74, 6) is 1.60. The van der Waals surface area contributed by atoms with Gasteiger partial charge in [0.2, 0.25) is 0 Å². The molecule has 0 atom stereocenters. The van der Waals surface area contributed by atoms with Crippen LogP contribution in [0.15, 0.2) is 6.07 Å². The molecule has 0 spiro atoms. The van der Waals surface area contributed by atoms with Crippen LogP contribution in [-0.2, 0) is 5.60 Å². The van der Waals surface area contributed by atoms with Crippen molar-refractivity contribution in [3.05, 3.63) is 22.8 Å². The zero-order valence-corrected chi connectivity index (χ0v) is 10.3. The van der Waals surface area contributed by atoms with Crippen molar-refractivity contribution in [3.8, 4) is 11.5 Å². The van der Waals surface area contributed by atoms with E-state index in [0.29, 0.717) is 0 Å². The van der Waals surface area contributed by atoms with E-state index in [2.05, 4.69) is 0 Å². The molecule has 88 valence electrons. The summed E-state index contributed by atoms with van der Waals surface area (Å²) >= 11 is 0. The van der Waals surface area contributed by atoms with E-state index < -0.39 is 5.60 Å². The highest BCUT2D eigenvalue weighted by Gasteiger charge is 2.46. The molecule has 3 nitrogen and oxygen atoms in total. The van der Waals surface area contributed by atoms with Crippen molar-refractivity contribution in [3.63, 3.8) is 0 Å². The minimum atomic E-state index is -0.700. The van der Waals surface area contributed by atoms with Crippen LogP contribution < -0.4 is 9.47 Å². The lowest BCUT2D eigenvalue weighted by Crippen LogP contribution is -2.11. The van der Waals surface area contributed by atoms with E-state index in [4.69, 9.17) is 9.47 Å². The first-order valence-corrected chi connectivity index (χ1v) is 5.48. The van der Waals surface area contributed by atoms with Gasteiger partial charge in [-0.2, -0.15) is 0 Å². The van der Waals surface area contributed by atoms with Crippen LogP contribution in [-0.4, -0.2) is 19.3 Å². The Labute approximate surface area is 96.0 Å². The predicted octanol–water partition coefficient (Wildman–Crippen LogP) is 2.30. The van der Waals surface area contributed by atoms with Crippen molar-refractivity contribution in [1.82, 2.24) is 0 Å². The fraction of sp³-hybridized carbons (Fsp3) is 0.538. The molecule has 0 aromatic heterocycles. The molecule has 0 aliphatic heterocycles. The van der Waals surface area contributed by atoms with Crippen LogP contribution >= 0.6 is 0 Å². The first-order chi connectivity index (χ1) is 7.53. The fourth-order valence-electron chi connectivity index (χ4n) is 2.26. The van der Waals surface area contributed by atoms with Gasteiger partial charge in [0.1, 0.15) is 11.5 Å². The summed E-state index contributed by atoms with van der Waals surface area (Å²) < 4.78 is 10.7. The van der Waals surface area contributed by atoms with Gasteiger partial charge in [-0.3, -0.25) is 0 Å². The van der Waals surface area contributed by atoms with Crippen LogP contribution in [0.3, 0.4) is 0 Å². The topological polar surface area (TPSA) is 38.7 Å². The van der Waals surface area contributed by atoms with E-state index in [1.54, 1.807) is 14.2 Å². The second kappa shape index (κ2) is 3.67. The summed E-state index contributed by atoms with van der Waals surface area (Å²) in [5, 5.41) is 10.3. The van der Waals surface area contributed by atoms with Crippen molar-refractivity contribution in [2.45, 2.75) is 32.3 Å². The summed E-state index contributed by atoms with van der Waals surface area (Å²) in [6.07, 6.45) is 1.60. The molecule has 1 fully saturated rings. The zero-order valence-electron chi connectivity index (χ0n) is 10.3. The lowest BCUT2D eigenvalue weighted by molar-refractivity contribution is 0.146. The van der Waals surface area contributed by atoms with Crippen LogP contribution in [0.25, 0.3) is 0 Å². The van der Waals surface area contributed by atoms with Crippen LogP contribution in [0.4, 0.5) is 0 Å². The molecule has 0 radical (unpaired) electrons. The number of hydrogen-bond donors (Lipinski definition) is 1. The van der Waals surface area contributed by atoms with Gasteiger partial charge in [0.25, 0.3) is 0 Å². The standard InChI is InChI=1S/C13H18O3/c1-8-7-10(15-3)9(2)11(12(8)16-4)13(14)5-6-13/h7,14H,5-6H2,1-4H3. The molecule has 16 heavy (non-hydrogen) atoms. The molecule has 1 aromatic rings. The van der Waals surface area contributed by atoms with Gasteiger partial charge in [-0.1, -0.05) is 0 Å². The number of rotatable bonds is 3. The quantitative estimate of drug-likeness (QED) is 0.852. The van der Waals surface area contributed by atoms with Crippen LogP contribution in [0.2, 0.25) is 0 Å². The average Bonchev–Trinajstić information content (AvgIpc) is 2.99. The van der Waals surface area contributed by atoms with Crippen LogP contribution in [0.1, 0.15) is 29.5 Å². The summed E-state index contributed by atoms with van der Waals surface area (Å²) in [6, 6.07) is 1.95. The number of aliphatic hydroxyl groups is 1. The highest BCUT2D eigenvalue weighted by atomic mass is 16.5. The minimum Gasteiger partial charge on any atom is -0.496 e. The summed E-state index contributed by atoms with van der Waals surface area (Å²) in [5.41, 5.74) is 2.17. The van der Waals surface area contributed by atoms with Gasteiger partial charge < -0.3 is 14.6 Å². The van der Waals surface area contributed by atoms with E-state index in [0.717, 1.165) is 41.0 Å². The molecule has 2 rings (SSSR count). The van der Waals surface area contributed by atoms with Gasteiger partial charge in [0, 0.05) is 11.1 Å². The third kappa shape index (κ3) is 1.55. The Kier molecular flexibility index (Phi) is 2.58. The number of hydrogen-bond acceptors (Lipinski definition) is 3. The fourth-order valence-corrected chi connectivity index (χ4v) is 2.26. The molecule has 1 aliphatic carbocycles. The second-order valence-electron chi connectivity index (χ2n) is 4.46. The Bertz CT molecular complexity index is 420. The molecule has 0 unspecified atom stereocenters. The third-order valence-corrected chi connectivity index (χ3v) is 3.29. The lowest BCUT2D eigenvalue weighted by Gasteiger charge is -2.20. The van der Waals surface area contributed by atoms with Gasteiger partial charge >= 0.3 is 0 Å². The van der Waals surface area contributed by atoms with Gasteiger partial charge in [0.05, 0.1) is 19.8 Å². The highest BCUT2D eigenvalue weighted by Crippen LogP contribution is 2.52. The normalized spacial score (nSPS) is 17.1. The molecule has 1 N–H and O–H groups in total. The van der Waals surface area contributed by atoms with Gasteiger partial charge in [0.15, 0.2) is 0 Å². The van der Waals surface area contributed by atoms with Crippen LogP contribution in [0.5, 0.6) is 11.5 Å². The molecule has 0 amide bonds. The molecule has 0 heterocycles. The van der Waals surface area contributed by atoms with E-state index in [9.17, 15) is 5.11 Å². The Balaban J connectivity index is 2.66. The minimum absolute atomic E-state index is 0.700. The second-order valence-corrected chi connectivity index (χ2v) is 4.46. The average molecular weight is 222 g/mol. The molecule has 3 heteroatoms. The molecule has 0 bridgehead atoms. The van der Waals surface area contributed by atoms with Crippen molar-refractivity contribution in [2.24, 2.45) is 0 Å². The predicted molar refractivity (Wildman–Crippen MR) is 62.2 cm³/mol. The van der Waals surface area contributed by atoms with Crippen molar-refractivity contribution < 1.29 is 14.6 Å². The number of benzene rings is 1. The van der Waals surface area contributed by atoms with Crippen molar-refractivity contribution in [1.29, 1.82) is 0 Å². The first kappa shape index (κ1) is 11.3. The number of ether oxygens (including phenoxy) is 2. The molecular weight excluding hydrogens is 204 g/mol. The van der Waals surface area contributed by atoms with Crippen molar-refractivity contribution >= 4 is 0 Å². The SMILES string of the molecule is COc1cc(C)c(OC)c(C2(O)CC2)c1C. The van der Waals surface area contributed by atoms with Gasteiger partial charge in [-0.05, 0) is 38.3 Å². The number of methoxy groups -OCH3 is 2. The lowest BCUT2D eigenvalue weighted by atomic mass is 9.96. The summed E-state index contributed by atoms with van der Waals surface area (Å²) in [6.45, 7) is 3.93.